The fourth-order valence-corrected chi connectivity index (χ4v) is 3.48. The van der Waals surface area contributed by atoms with Crippen molar-refractivity contribution in [2.24, 2.45) is 0 Å². The van der Waals surface area contributed by atoms with Gasteiger partial charge in [-0.2, -0.15) is 0 Å². The van der Waals surface area contributed by atoms with E-state index in [4.69, 9.17) is 0 Å². The highest BCUT2D eigenvalue weighted by molar-refractivity contribution is 6.15. The summed E-state index contributed by atoms with van der Waals surface area (Å²) >= 11 is 0. The number of benzene rings is 2. The van der Waals surface area contributed by atoms with E-state index in [1.54, 1.807) is 0 Å². The van der Waals surface area contributed by atoms with Crippen molar-refractivity contribution in [3.63, 3.8) is 0 Å². The van der Waals surface area contributed by atoms with Gasteiger partial charge in [0.2, 0.25) is 0 Å². The summed E-state index contributed by atoms with van der Waals surface area (Å²) in [7, 11) is 0. The van der Waals surface area contributed by atoms with E-state index in [1.165, 1.54) is 16.8 Å². The van der Waals surface area contributed by atoms with Gasteiger partial charge >= 0.3 is 0 Å². The summed E-state index contributed by atoms with van der Waals surface area (Å²) in [5.41, 5.74) is 6.65. The minimum Gasteiger partial charge on any atom is -0.372 e. The average molecular weight is 319 g/mol. The zero-order chi connectivity index (χ0) is 17.1. The second kappa shape index (κ2) is 7.04. The van der Waals surface area contributed by atoms with Crippen LogP contribution in [0.2, 0.25) is 0 Å². The summed E-state index contributed by atoms with van der Waals surface area (Å²) in [6.07, 6.45) is 3.80. The first-order valence-corrected chi connectivity index (χ1v) is 8.88. The molecule has 0 atom stereocenters. The molecule has 1 aliphatic carbocycles. The van der Waals surface area contributed by atoms with Crippen LogP contribution in [0.4, 0.5) is 5.69 Å². The molecule has 0 aliphatic heterocycles. The van der Waals surface area contributed by atoms with Crippen LogP contribution in [0.1, 0.15) is 47.8 Å². The molecule has 24 heavy (non-hydrogen) atoms. The Labute approximate surface area is 144 Å². The smallest absolute Gasteiger partial charge is 0.189 e. The number of hydrogen-bond acceptors (Lipinski definition) is 2. The van der Waals surface area contributed by atoms with Crippen molar-refractivity contribution < 1.29 is 4.79 Å². The molecular weight excluding hydrogens is 294 g/mol. The molecule has 2 heteroatoms. The Morgan fingerprint density at radius 1 is 1.04 bits per heavy atom. The largest absolute Gasteiger partial charge is 0.372 e. The molecule has 0 unspecified atom stereocenters. The van der Waals surface area contributed by atoms with Gasteiger partial charge in [-0.1, -0.05) is 37.3 Å². The fourth-order valence-electron chi connectivity index (χ4n) is 3.48. The van der Waals surface area contributed by atoms with Crippen LogP contribution in [-0.4, -0.2) is 18.9 Å². The Bertz CT molecular complexity index is 784. The molecule has 1 aliphatic rings. The topological polar surface area (TPSA) is 20.3 Å². The van der Waals surface area contributed by atoms with E-state index in [9.17, 15) is 4.79 Å². The highest BCUT2D eigenvalue weighted by Crippen LogP contribution is 2.29. The Balaban J connectivity index is 1.95. The molecule has 3 rings (SSSR count). The van der Waals surface area contributed by atoms with E-state index in [-0.39, 0.29) is 5.78 Å². The maximum absolute atomic E-state index is 12.6. The van der Waals surface area contributed by atoms with Gasteiger partial charge in [0.05, 0.1) is 0 Å². The highest BCUT2D eigenvalue weighted by atomic mass is 16.1. The van der Waals surface area contributed by atoms with Gasteiger partial charge in [0.25, 0.3) is 0 Å². The zero-order valence-corrected chi connectivity index (χ0v) is 14.8. The van der Waals surface area contributed by atoms with Gasteiger partial charge in [-0.05, 0) is 55.2 Å². The Hall–Kier alpha value is -2.35. The quantitative estimate of drug-likeness (QED) is 0.729. The van der Waals surface area contributed by atoms with E-state index in [1.807, 2.05) is 18.2 Å². The van der Waals surface area contributed by atoms with Crippen molar-refractivity contribution in [1.82, 2.24) is 0 Å². The van der Waals surface area contributed by atoms with Crippen LogP contribution < -0.4 is 4.90 Å². The third-order valence-corrected chi connectivity index (χ3v) is 4.90. The fraction of sp³-hybridized carbons (Fsp3) is 0.318. The van der Waals surface area contributed by atoms with Crippen LogP contribution in [0, 0.1) is 0 Å². The number of carbonyl (C=O) groups excluding carboxylic acids is 1. The zero-order valence-electron chi connectivity index (χ0n) is 14.8. The predicted octanol–water partition coefficient (Wildman–Crippen LogP) is 4.92. The van der Waals surface area contributed by atoms with E-state index in [2.05, 4.69) is 56.0 Å². The molecule has 2 aromatic carbocycles. The first-order chi connectivity index (χ1) is 11.7. The number of nitrogens with zero attached hydrogens (tertiary/aromatic N) is 1. The molecule has 0 bridgehead atoms. The SMILES string of the molecule is CCc1cc(N(CC)CC)ccc1C=C1Cc2ccccc2C1=O. The van der Waals surface area contributed by atoms with Crippen LogP contribution >= 0.6 is 0 Å². The monoisotopic (exact) mass is 319 g/mol. The number of fused-ring (bicyclic) bond motifs is 1. The molecule has 0 saturated carbocycles. The Kier molecular flexibility index (Phi) is 4.84. The lowest BCUT2D eigenvalue weighted by Gasteiger charge is -2.22. The summed E-state index contributed by atoms with van der Waals surface area (Å²) in [5.74, 6) is 0.181. The molecule has 0 fully saturated rings. The van der Waals surface area contributed by atoms with Crippen LogP contribution in [0.5, 0.6) is 0 Å². The second-order valence-corrected chi connectivity index (χ2v) is 6.24. The van der Waals surface area contributed by atoms with Crippen molar-refractivity contribution in [1.29, 1.82) is 0 Å². The normalized spacial score (nSPS) is 15.0. The first kappa shape index (κ1) is 16.5. The molecular formula is C22H25NO. The minimum atomic E-state index is 0.181. The van der Waals surface area contributed by atoms with E-state index >= 15 is 0 Å². The van der Waals surface area contributed by atoms with Gasteiger partial charge < -0.3 is 4.90 Å². The molecule has 0 spiro atoms. The van der Waals surface area contributed by atoms with Crippen LogP contribution in [-0.2, 0) is 12.8 Å². The van der Waals surface area contributed by atoms with Gasteiger partial charge in [0, 0.05) is 36.3 Å². The molecule has 0 saturated heterocycles. The van der Waals surface area contributed by atoms with Crippen LogP contribution in [0.3, 0.4) is 0 Å². The maximum atomic E-state index is 12.6. The maximum Gasteiger partial charge on any atom is 0.189 e. The number of aryl methyl sites for hydroxylation is 1. The van der Waals surface area contributed by atoms with Gasteiger partial charge in [0.1, 0.15) is 0 Å². The molecule has 0 heterocycles. The summed E-state index contributed by atoms with van der Waals surface area (Å²) in [4.78, 5) is 14.9. The predicted molar refractivity (Wildman–Crippen MR) is 102 cm³/mol. The first-order valence-electron chi connectivity index (χ1n) is 8.88. The van der Waals surface area contributed by atoms with E-state index in [0.29, 0.717) is 0 Å². The number of anilines is 1. The van der Waals surface area contributed by atoms with E-state index < -0.39 is 0 Å². The van der Waals surface area contributed by atoms with Crippen molar-refractivity contribution in [3.05, 3.63) is 70.3 Å². The molecule has 0 aromatic heterocycles. The van der Waals surface area contributed by atoms with Crippen molar-refractivity contribution in [3.8, 4) is 0 Å². The number of Topliss-reactive ketones (excluding diaryl/α,β-unsaturated/α-hetero) is 1. The number of ketones is 1. The molecule has 0 radical (unpaired) electrons. The summed E-state index contributed by atoms with van der Waals surface area (Å²) < 4.78 is 0. The van der Waals surface area contributed by atoms with Crippen molar-refractivity contribution >= 4 is 17.5 Å². The summed E-state index contributed by atoms with van der Waals surface area (Å²) in [6.45, 7) is 8.55. The third-order valence-electron chi connectivity index (χ3n) is 4.90. The van der Waals surface area contributed by atoms with Gasteiger partial charge in [-0.25, -0.2) is 0 Å². The molecule has 124 valence electrons. The van der Waals surface area contributed by atoms with E-state index in [0.717, 1.165) is 42.6 Å². The lowest BCUT2D eigenvalue weighted by molar-refractivity contribution is 0.104. The molecule has 2 nitrogen and oxygen atoms in total. The number of allylic oxidation sites excluding steroid dienone is 1. The third kappa shape index (κ3) is 3.01. The summed E-state index contributed by atoms with van der Waals surface area (Å²) in [6, 6.07) is 14.5. The molecule has 0 N–H and O–H groups in total. The van der Waals surface area contributed by atoms with Crippen molar-refractivity contribution in [2.75, 3.05) is 18.0 Å². The highest BCUT2D eigenvalue weighted by Gasteiger charge is 2.24. The molecule has 2 aromatic rings. The van der Waals surface area contributed by atoms with Gasteiger partial charge in [-0.15, -0.1) is 0 Å². The Morgan fingerprint density at radius 3 is 2.46 bits per heavy atom. The number of hydrogen-bond donors (Lipinski definition) is 0. The second-order valence-electron chi connectivity index (χ2n) is 6.24. The van der Waals surface area contributed by atoms with Crippen LogP contribution in [0.25, 0.3) is 6.08 Å². The molecule has 0 amide bonds. The van der Waals surface area contributed by atoms with Crippen LogP contribution in [0.15, 0.2) is 48.0 Å². The standard InChI is InChI=1S/C22H25NO/c1-4-16-15-20(23(5-2)6-3)12-11-17(16)13-19-14-18-9-7-8-10-21(18)22(19)24/h7-13,15H,4-6,14H2,1-3H3. The van der Waals surface area contributed by atoms with Crippen molar-refractivity contribution in [2.45, 2.75) is 33.6 Å². The van der Waals surface area contributed by atoms with Gasteiger partial charge in [-0.3, -0.25) is 4.79 Å². The lowest BCUT2D eigenvalue weighted by Crippen LogP contribution is -2.21. The van der Waals surface area contributed by atoms with Gasteiger partial charge in [0.15, 0.2) is 5.78 Å². The Morgan fingerprint density at radius 2 is 1.79 bits per heavy atom. The summed E-state index contributed by atoms with van der Waals surface area (Å²) in [5, 5.41) is 0. The average Bonchev–Trinajstić information content (AvgIpc) is 2.93. The minimum absolute atomic E-state index is 0.181. The number of rotatable bonds is 5. The number of carbonyl (C=O) groups is 1. The lowest BCUT2D eigenvalue weighted by atomic mass is 10.00.